The van der Waals surface area contributed by atoms with Gasteiger partial charge in [-0.15, -0.1) is 11.3 Å². The standard InChI is InChI=1S/C27H28N2O3S/c1-3-4-9-18-12-13-21(30)25-23(18)24-26(33-25)28-22(15-19-10-6-5-8-17(19)2)29(27(24)31)16-20-11-7-14-32-20/h5-7,10-14,17,30H,3-4,8-9,15-16H2,1-2H3. The van der Waals surface area contributed by atoms with Crippen molar-refractivity contribution in [2.24, 2.45) is 5.92 Å². The molecule has 0 bridgehead atoms. The van der Waals surface area contributed by atoms with Crippen LogP contribution in [0.2, 0.25) is 0 Å². The fourth-order valence-corrected chi connectivity index (χ4v) is 5.73. The van der Waals surface area contributed by atoms with Crippen LogP contribution in [-0.2, 0) is 19.4 Å². The summed E-state index contributed by atoms with van der Waals surface area (Å²) >= 11 is 1.41. The number of aromatic hydroxyl groups is 1. The summed E-state index contributed by atoms with van der Waals surface area (Å²) in [4.78, 5) is 19.7. The van der Waals surface area contributed by atoms with E-state index in [2.05, 4.69) is 32.1 Å². The molecule has 0 fully saturated rings. The topological polar surface area (TPSA) is 68.3 Å². The smallest absolute Gasteiger partial charge is 0.263 e. The predicted molar refractivity (Wildman–Crippen MR) is 134 cm³/mol. The van der Waals surface area contributed by atoms with Crippen LogP contribution < -0.4 is 5.56 Å². The van der Waals surface area contributed by atoms with Gasteiger partial charge in [0.1, 0.15) is 22.2 Å². The number of hydrogen-bond acceptors (Lipinski definition) is 5. The van der Waals surface area contributed by atoms with Crippen molar-refractivity contribution in [1.82, 2.24) is 9.55 Å². The molecule has 0 spiro atoms. The number of phenolic OH excluding ortho intramolecular Hbond substituents is 1. The van der Waals surface area contributed by atoms with E-state index in [1.165, 1.54) is 16.9 Å². The van der Waals surface area contributed by atoms with E-state index in [4.69, 9.17) is 9.40 Å². The Morgan fingerprint density at radius 2 is 2.15 bits per heavy atom. The minimum atomic E-state index is -0.0689. The summed E-state index contributed by atoms with van der Waals surface area (Å²) in [5, 5.41) is 12.1. The Balaban J connectivity index is 1.75. The summed E-state index contributed by atoms with van der Waals surface area (Å²) < 4.78 is 8.09. The maximum atomic E-state index is 14.0. The molecule has 3 heterocycles. The molecule has 1 unspecified atom stereocenters. The lowest BCUT2D eigenvalue weighted by molar-refractivity contribution is 0.482. The van der Waals surface area contributed by atoms with Gasteiger partial charge in [0.15, 0.2) is 0 Å². The van der Waals surface area contributed by atoms with Gasteiger partial charge in [-0.25, -0.2) is 4.98 Å². The largest absolute Gasteiger partial charge is 0.506 e. The highest BCUT2D eigenvalue weighted by Crippen LogP contribution is 2.39. The number of aromatic nitrogens is 2. The predicted octanol–water partition coefficient (Wildman–Crippen LogP) is 6.37. The third kappa shape index (κ3) is 4.04. The highest BCUT2D eigenvalue weighted by Gasteiger charge is 2.22. The third-order valence-corrected chi connectivity index (χ3v) is 7.62. The molecule has 6 heteroatoms. The maximum Gasteiger partial charge on any atom is 0.263 e. The second-order valence-electron chi connectivity index (χ2n) is 8.82. The molecule has 1 aliphatic carbocycles. The molecule has 0 saturated carbocycles. The van der Waals surface area contributed by atoms with E-state index < -0.39 is 0 Å². The van der Waals surface area contributed by atoms with E-state index in [-0.39, 0.29) is 11.3 Å². The number of rotatable bonds is 7. The third-order valence-electron chi connectivity index (χ3n) is 6.51. The number of fused-ring (bicyclic) bond motifs is 3. The lowest BCUT2D eigenvalue weighted by atomic mass is 9.91. The van der Waals surface area contributed by atoms with E-state index in [1.54, 1.807) is 16.9 Å². The van der Waals surface area contributed by atoms with Crippen LogP contribution in [0.5, 0.6) is 5.75 Å². The fourth-order valence-electron chi connectivity index (χ4n) is 4.59. The summed E-state index contributed by atoms with van der Waals surface area (Å²) in [5.74, 6) is 2.07. The van der Waals surface area contributed by atoms with Gasteiger partial charge in [0.05, 0.1) is 22.9 Å². The van der Waals surface area contributed by atoms with Gasteiger partial charge in [-0.05, 0) is 48.9 Å². The Hall–Kier alpha value is -3.12. The van der Waals surface area contributed by atoms with Crippen molar-refractivity contribution in [2.75, 3.05) is 0 Å². The molecule has 170 valence electrons. The molecular formula is C27H28N2O3S. The maximum absolute atomic E-state index is 14.0. The van der Waals surface area contributed by atoms with Crippen LogP contribution in [0.1, 0.15) is 50.3 Å². The monoisotopic (exact) mass is 460 g/mol. The minimum absolute atomic E-state index is 0.0689. The molecule has 0 radical (unpaired) electrons. The number of nitrogens with zero attached hydrogens (tertiary/aromatic N) is 2. The van der Waals surface area contributed by atoms with Crippen LogP contribution in [0.3, 0.4) is 0 Å². The first kappa shape index (κ1) is 21.7. The van der Waals surface area contributed by atoms with E-state index in [0.717, 1.165) is 52.9 Å². The van der Waals surface area contributed by atoms with E-state index >= 15 is 0 Å². The van der Waals surface area contributed by atoms with Gasteiger partial charge in [0, 0.05) is 11.8 Å². The van der Waals surface area contributed by atoms with Crippen molar-refractivity contribution in [3.05, 3.63) is 81.8 Å². The molecule has 1 atom stereocenters. The second kappa shape index (κ2) is 9.02. The van der Waals surface area contributed by atoms with E-state index in [9.17, 15) is 9.90 Å². The van der Waals surface area contributed by atoms with Gasteiger partial charge in [0.25, 0.3) is 5.56 Å². The Labute approximate surface area is 196 Å². The average molecular weight is 461 g/mol. The van der Waals surface area contributed by atoms with Crippen LogP contribution in [0.25, 0.3) is 20.3 Å². The molecule has 0 amide bonds. The van der Waals surface area contributed by atoms with Crippen molar-refractivity contribution in [3.8, 4) is 5.75 Å². The molecule has 4 aromatic rings. The van der Waals surface area contributed by atoms with Crippen molar-refractivity contribution in [3.63, 3.8) is 0 Å². The van der Waals surface area contributed by atoms with Gasteiger partial charge in [0.2, 0.25) is 0 Å². The van der Waals surface area contributed by atoms with Crippen molar-refractivity contribution >= 4 is 31.6 Å². The number of aryl methyl sites for hydroxylation is 1. The number of unbranched alkanes of at least 4 members (excludes halogenated alkanes) is 1. The zero-order valence-corrected chi connectivity index (χ0v) is 19.8. The molecule has 0 aliphatic heterocycles. The molecule has 1 aliphatic rings. The number of thiophene rings is 1. The molecule has 3 aromatic heterocycles. The zero-order valence-electron chi connectivity index (χ0n) is 19.0. The Morgan fingerprint density at radius 3 is 2.91 bits per heavy atom. The number of phenols is 1. The second-order valence-corrected chi connectivity index (χ2v) is 9.81. The first-order chi connectivity index (χ1) is 16.1. The van der Waals surface area contributed by atoms with Crippen LogP contribution in [0.15, 0.2) is 63.5 Å². The molecule has 5 rings (SSSR count). The molecule has 1 aromatic carbocycles. The molecule has 33 heavy (non-hydrogen) atoms. The number of hydrogen-bond donors (Lipinski definition) is 1. The van der Waals surface area contributed by atoms with Gasteiger partial charge >= 0.3 is 0 Å². The Morgan fingerprint density at radius 1 is 1.27 bits per heavy atom. The average Bonchev–Trinajstić information content (AvgIpc) is 3.46. The van der Waals surface area contributed by atoms with Crippen molar-refractivity contribution < 1.29 is 9.52 Å². The summed E-state index contributed by atoms with van der Waals surface area (Å²) in [7, 11) is 0. The normalized spacial score (nSPS) is 16.1. The lowest BCUT2D eigenvalue weighted by Crippen LogP contribution is -2.26. The van der Waals surface area contributed by atoms with Gasteiger partial charge in [-0.1, -0.05) is 50.1 Å². The number of allylic oxidation sites excluding steroid dienone is 4. The molecular weight excluding hydrogens is 432 g/mol. The molecule has 0 saturated heterocycles. The summed E-state index contributed by atoms with van der Waals surface area (Å²) in [6.45, 7) is 4.70. The zero-order chi connectivity index (χ0) is 22.9. The van der Waals surface area contributed by atoms with Crippen LogP contribution in [-0.4, -0.2) is 14.7 Å². The summed E-state index contributed by atoms with van der Waals surface area (Å²) in [5.41, 5.74) is 2.30. The first-order valence-electron chi connectivity index (χ1n) is 11.6. The Bertz CT molecular complexity index is 1420. The minimum Gasteiger partial charge on any atom is -0.506 e. The van der Waals surface area contributed by atoms with Crippen LogP contribution in [0, 0.1) is 5.92 Å². The van der Waals surface area contributed by atoms with Gasteiger partial charge in [-0.2, -0.15) is 0 Å². The van der Waals surface area contributed by atoms with Gasteiger partial charge < -0.3 is 9.52 Å². The first-order valence-corrected chi connectivity index (χ1v) is 12.4. The van der Waals surface area contributed by atoms with E-state index in [1.807, 2.05) is 18.2 Å². The SMILES string of the molecule is CCCCc1ccc(O)c2sc3nc(CC4=CC=CCC4C)n(Cc4ccco4)c(=O)c3c12. The van der Waals surface area contributed by atoms with Crippen LogP contribution >= 0.6 is 11.3 Å². The fraction of sp³-hybridized carbons (Fsp3) is 0.333. The molecule has 1 N–H and O–H groups in total. The quantitative estimate of drug-likeness (QED) is 0.348. The number of furan rings is 1. The van der Waals surface area contributed by atoms with Crippen molar-refractivity contribution in [2.45, 2.75) is 52.5 Å². The lowest BCUT2D eigenvalue weighted by Gasteiger charge is -2.19. The van der Waals surface area contributed by atoms with Gasteiger partial charge in [-0.3, -0.25) is 9.36 Å². The van der Waals surface area contributed by atoms with Crippen molar-refractivity contribution in [1.29, 1.82) is 0 Å². The Kier molecular flexibility index (Phi) is 5.94. The highest BCUT2D eigenvalue weighted by molar-refractivity contribution is 7.25. The number of benzene rings is 1. The summed E-state index contributed by atoms with van der Waals surface area (Å²) in [6.07, 6.45) is 12.6. The highest BCUT2D eigenvalue weighted by atomic mass is 32.1. The van der Waals surface area contributed by atoms with E-state index in [0.29, 0.717) is 29.1 Å². The van der Waals surface area contributed by atoms with Crippen LogP contribution in [0.4, 0.5) is 0 Å². The summed E-state index contributed by atoms with van der Waals surface area (Å²) in [6, 6.07) is 7.41. The molecule has 5 nitrogen and oxygen atoms in total.